The predicted molar refractivity (Wildman–Crippen MR) is 48.5 cm³/mol. The first kappa shape index (κ1) is 8.36. The Kier molecular flexibility index (Phi) is 2.18. The SMILES string of the molecule is C1=NC2=CN=NC2=C1.O=C1C=CN=N1. The molecule has 3 heterocycles. The van der Waals surface area contributed by atoms with Crippen LogP contribution in [0.15, 0.2) is 61.4 Å². The van der Waals surface area contributed by atoms with Gasteiger partial charge in [-0.25, -0.2) is 0 Å². The largest absolute Gasteiger partial charge is 0.289 e. The summed E-state index contributed by atoms with van der Waals surface area (Å²) in [5.74, 6) is -0.269. The maximum absolute atomic E-state index is 9.90. The van der Waals surface area contributed by atoms with E-state index in [-0.39, 0.29) is 5.91 Å². The fraction of sp³-hybridized carbons (Fsp3) is 0. The number of hydrogen-bond donors (Lipinski definition) is 0. The van der Waals surface area contributed by atoms with E-state index >= 15 is 0 Å². The molecule has 0 spiro atoms. The molecule has 0 unspecified atom stereocenters. The quantitative estimate of drug-likeness (QED) is 0.568. The number of nitrogens with zero attached hydrogens (tertiary/aromatic N) is 5. The van der Waals surface area contributed by atoms with Crippen molar-refractivity contribution in [3.05, 3.63) is 35.9 Å². The maximum Gasteiger partial charge on any atom is 0.289 e. The van der Waals surface area contributed by atoms with Gasteiger partial charge in [0.05, 0.1) is 12.4 Å². The highest BCUT2D eigenvalue weighted by Crippen LogP contribution is 2.22. The first-order valence-corrected chi connectivity index (χ1v) is 3.83. The smallest absolute Gasteiger partial charge is 0.266 e. The van der Waals surface area contributed by atoms with Crippen molar-refractivity contribution < 1.29 is 4.79 Å². The van der Waals surface area contributed by atoms with Crippen molar-refractivity contribution in [1.82, 2.24) is 0 Å². The van der Waals surface area contributed by atoms with Gasteiger partial charge in [-0.15, -0.1) is 10.2 Å². The Balaban J connectivity index is 0.000000112. The second-order valence-corrected chi connectivity index (χ2v) is 2.43. The third kappa shape index (κ3) is 1.74. The zero-order chi connectivity index (χ0) is 9.80. The van der Waals surface area contributed by atoms with Crippen molar-refractivity contribution in [1.29, 1.82) is 0 Å². The molecule has 3 aliphatic heterocycles. The monoisotopic (exact) mass is 187 g/mol. The number of rotatable bonds is 0. The molecule has 0 aromatic rings. The number of amides is 1. The van der Waals surface area contributed by atoms with Gasteiger partial charge >= 0.3 is 0 Å². The van der Waals surface area contributed by atoms with E-state index in [9.17, 15) is 4.79 Å². The summed E-state index contributed by atoms with van der Waals surface area (Å²) >= 11 is 0. The molecule has 0 aromatic carbocycles. The number of allylic oxidation sites excluding steroid dienone is 1. The van der Waals surface area contributed by atoms with E-state index in [1.165, 1.54) is 12.3 Å². The third-order valence-corrected chi connectivity index (χ3v) is 1.49. The van der Waals surface area contributed by atoms with Crippen LogP contribution < -0.4 is 0 Å². The summed E-state index contributed by atoms with van der Waals surface area (Å²) in [5.41, 5.74) is 1.76. The molecule has 0 radical (unpaired) electrons. The Bertz CT molecular complexity index is 399. The van der Waals surface area contributed by atoms with Crippen molar-refractivity contribution in [2.45, 2.75) is 0 Å². The molecule has 0 bridgehead atoms. The van der Waals surface area contributed by atoms with Gasteiger partial charge in [0, 0.05) is 12.3 Å². The average Bonchev–Trinajstić information content (AvgIpc) is 2.77. The van der Waals surface area contributed by atoms with Crippen molar-refractivity contribution in [2.75, 3.05) is 0 Å². The highest BCUT2D eigenvalue weighted by molar-refractivity contribution is 5.89. The first-order valence-electron chi connectivity index (χ1n) is 3.83. The summed E-state index contributed by atoms with van der Waals surface area (Å²) in [7, 11) is 0. The minimum atomic E-state index is -0.269. The van der Waals surface area contributed by atoms with Crippen molar-refractivity contribution in [2.24, 2.45) is 25.4 Å². The van der Waals surface area contributed by atoms with Crippen molar-refractivity contribution in [3.63, 3.8) is 0 Å². The van der Waals surface area contributed by atoms with Crippen LogP contribution in [0.5, 0.6) is 0 Å². The summed E-state index contributed by atoms with van der Waals surface area (Å²) in [6.45, 7) is 0. The van der Waals surface area contributed by atoms with Gasteiger partial charge in [0.15, 0.2) is 0 Å². The molecule has 68 valence electrons. The van der Waals surface area contributed by atoms with Crippen LogP contribution in [0, 0.1) is 0 Å². The summed E-state index contributed by atoms with van der Waals surface area (Å²) in [4.78, 5) is 13.8. The predicted octanol–water partition coefficient (Wildman–Crippen LogP) is 1.75. The molecule has 3 aliphatic rings. The second-order valence-electron chi connectivity index (χ2n) is 2.43. The Morgan fingerprint density at radius 1 is 1.07 bits per heavy atom. The van der Waals surface area contributed by atoms with Crippen molar-refractivity contribution >= 4 is 12.1 Å². The summed E-state index contributed by atoms with van der Waals surface area (Å²) in [6.07, 6.45) is 7.87. The number of hydrogen-bond acceptors (Lipinski definition) is 5. The second kappa shape index (κ2) is 3.65. The molecule has 0 saturated carbocycles. The van der Waals surface area contributed by atoms with Crippen LogP contribution in [0.4, 0.5) is 0 Å². The van der Waals surface area contributed by atoms with Gasteiger partial charge in [-0.2, -0.15) is 10.2 Å². The lowest BCUT2D eigenvalue weighted by atomic mass is 10.4. The first-order chi connectivity index (χ1) is 6.86. The maximum atomic E-state index is 9.90. The van der Waals surface area contributed by atoms with E-state index in [0.717, 1.165) is 11.4 Å². The molecule has 6 heteroatoms. The molecule has 1 amide bonds. The lowest BCUT2D eigenvalue weighted by Gasteiger charge is -1.79. The fourth-order valence-corrected chi connectivity index (χ4v) is 0.890. The normalized spacial score (nSPS) is 19.3. The van der Waals surface area contributed by atoms with Gasteiger partial charge in [-0.3, -0.25) is 9.79 Å². The number of carbonyl (C=O) groups is 1. The van der Waals surface area contributed by atoms with E-state index in [0.29, 0.717) is 0 Å². The molecule has 14 heavy (non-hydrogen) atoms. The highest BCUT2D eigenvalue weighted by Gasteiger charge is 2.09. The van der Waals surface area contributed by atoms with Gasteiger partial charge in [0.1, 0.15) is 11.4 Å². The topological polar surface area (TPSA) is 78.9 Å². The lowest BCUT2D eigenvalue weighted by Crippen LogP contribution is -1.74. The van der Waals surface area contributed by atoms with E-state index < -0.39 is 0 Å². The molecule has 0 N–H and O–H groups in total. The van der Waals surface area contributed by atoms with Gasteiger partial charge in [-0.1, -0.05) is 0 Å². The Morgan fingerprint density at radius 3 is 2.57 bits per heavy atom. The molecular weight excluding hydrogens is 182 g/mol. The van der Waals surface area contributed by atoms with E-state index in [4.69, 9.17) is 0 Å². The van der Waals surface area contributed by atoms with Crippen LogP contribution in [0.2, 0.25) is 0 Å². The third-order valence-electron chi connectivity index (χ3n) is 1.49. The summed E-state index contributed by atoms with van der Waals surface area (Å²) < 4.78 is 0. The number of aliphatic imine (C=N–C) groups is 1. The highest BCUT2D eigenvalue weighted by atomic mass is 16.1. The summed E-state index contributed by atoms with van der Waals surface area (Å²) in [6, 6.07) is 0. The van der Waals surface area contributed by atoms with E-state index in [1.807, 2.05) is 6.08 Å². The summed E-state index contributed by atoms with van der Waals surface area (Å²) in [5, 5.41) is 13.8. The van der Waals surface area contributed by atoms with Crippen molar-refractivity contribution in [3.8, 4) is 0 Å². The van der Waals surface area contributed by atoms with Gasteiger partial charge < -0.3 is 0 Å². The molecular formula is C8H5N5O. The minimum Gasteiger partial charge on any atom is -0.266 e. The van der Waals surface area contributed by atoms with Crippen LogP contribution in [-0.4, -0.2) is 12.1 Å². The molecule has 3 rings (SSSR count). The van der Waals surface area contributed by atoms with Crippen LogP contribution in [-0.2, 0) is 4.79 Å². The van der Waals surface area contributed by atoms with Crippen LogP contribution in [0.25, 0.3) is 0 Å². The van der Waals surface area contributed by atoms with Gasteiger partial charge in [0.25, 0.3) is 5.91 Å². The standard InChI is InChI=1S/C5H3N3.C3H2N2O/c1-2-6-5-3-7-8-4(1)5;6-3-1-2-4-5-3/h1-3H;1-2H. The zero-order valence-corrected chi connectivity index (χ0v) is 7.03. The molecule has 0 fully saturated rings. The number of azo groups is 2. The van der Waals surface area contributed by atoms with Crippen LogP contribution in [0.3, 0.4) is 0 Å². The van der Waals surface area contributed by atoms with E-state index in [1.54, 1.807) is 12.4 Å². The fourth-order valence-electron chi connectivity index (χ4n) is 0.890. The Hall–Kier alpha value is -2.24. The minimum absolute atomic E-state index is 0.269. The molecule has 0 atom stereocenters. The number of fused-ring (bicyclic) bond motifs is 1. The van der Waals surface area contributed by atoms with Crippen LogP contribution >= 0.6 is 0 Å². The molecule has 0 aromatic heterocycles. The molecule has 6 nitrogen and oxygen atoms in total. The molecule has 0 saturated heterocycles. The Labute approximate surface area is 79.2 Å². The lowest BCUT2D eigenvalue weighted by molar-refractivity contribution is -0.113. The molecule has 0 aliphatic carbocycles. The Morgan fingerprint density at radius 2 is 2.00 bits per heavy atom. The average molecular weight is 187 g/mol. The number of carbonyl (C=O) groups excluding carboxylic acids is 1. The van der Waals surface area contributed by atoms with E-state index in [2.05, 4.69) is 25.4 Å². The van der Waals surface area contributed by atoms with Crippen LogP contribution in [0.1, 0.15) is 0 Å². The van der Waals surface area contributed by atoms with Gasteiger partial charge in [0.2, 0.25) is 0 Å². The van der Waals surface area contributed by atoms with Gasteiger partial charge in [-0.05, 0) is 6.08 Å². The zero-order valence-electron chi connectivity index (χ0n) is 7.03.